The van der Waals surface area contributed by atoms with Crippen LogP contribution in [0.5, 0.6) is 11.9 Å². The smallest absolute Gasteiger partial charge is 0.296 e. The number of hydrogen-bond acceptors (Lipinski definition) is 5. The Bertz CT molecular complexity index is 868. The van der Waals surface area contributed by atoms with Crippen LogP contribution in [0.1, 0.15) is 12.0 Å². The first-order chi connectivity index (χ1) is 12.1. The fraction of sp³-hybridized carbons (Fsp3) is 0.250. The summed E-state index contributed by atoms with van der Waals surface area (Å²) in [5, 5.41) is 8.90. The quantitative estimate of drug-likeness (QED) is 0.625. The molecule has 0 spiro atoms. The number of imidazole rings is 1. The highest BCUT2D eigenvalue weighted by Gasteiger charge is 2.14. The first-order valence-electron chi connectivity index (χ1n) is 7.44. The SMILES string of the molecule is OCCCOc1nc2nc(OCc3c(F)cccc3F)c(Cl)cc2[nH]1. The average molecular weight is 370 g/mol. The Balaban J connectivity index is 1.78. The third-order valence-electron chi connectivity index (χ3n) is 3.33. The molecule has 0 aliphatic carbocycles. The van der Waals surface area contributed by atoms with E-state index in [1.54, 1.807) is 0 Å². The number of nitrogens with zero attached hydrogens (tertiary/aromatic N) is 2. The van der Waals surface area contributed by atoms with Crippen LogP contribution < -0.4 is 9.47 Å². The van der Waals surface area contributed by atoms with E-state index in [0.29, 0.717) is 18.5 Å². The zero-order chi connectivity index (χ0) is 17.8. The molecular weight excluding hydrogens is 356 g/mol. The molecule has 0 unspecified atom stereocenters. The number of hydrogen-bond donors (Lipinski definition) is 2. The Morgan fingerprint density at radius 3 is 2.64 bits per heavy atom. The number of pyridine rings is 1. The number of H-pyrrole nitrogens is 1. The van der Waals surface area contributed by atoms with E-state index in [0.717, 1.165) is 12.1 Å². The van der Waals surface area contributed by atoms with E-state index in [2.05, 4.69) is 15.0 Å². The van der Waals surface area contributed by atoms with Gasteiger partial charge in [0.1, 0.15) is 23.3 Å². The summed E-state index contributed by atoms with van der Waals surface area (Å²) < 4.78 is 37.9. The van der Waals surface area contributed by atoms with Gasteiger partial charge in [0.15, 0.2) is 5.65 Å². The van der Waals surface area contributed by atoms with Crippen molar-refractivity contribution in [2.75, 3.05) is 13.2 Å². The van der Waals surface area contributed by atoms with E-state index < -0.39 is 11.6 Å². The fourth-order valence-electron chi connectivity index (χ4n) is 2.09. The molecule has 0 radical (unpaired) electrons. The molecule has 2 heterocycles. The zero-order valence-electron chi connectivity index (χ0n) is 12.9. The predicted octanol–water partition coefficient (Wildman–Crippen LogP) is 3.23. The molecule has 3 rings (SSSR count). The van der Waals surface area contributed by atoms with Gasteiger partial charge in [0, 0.05) is 13.0 Å². The van der Waals surface area contributed by atoms with E-state index in [1.165, 1.54) is 12.1 Å². The Labute approximate surface area is 146 Å². The van der Waals surface area contributed by atoms with Crippen molar-refractivity contribution in [1.82, 2.24) is 15.0 Å². The summed E-state index contributed by atoms with van der Waals surface area (Å²) in [5.41, 5.74) is 0.594. The maximum atomic E-state index is 13.6. The number of ether oxygens (including phenoxy) is 2. The van der Waals surface area contributed by atoms with Crippen molar-refractivity contribution >= 4 is 22.8 Å². The van der Waals surface area contributed by atoms with Crippen molar-refractivity contribution < 1.29 is 23.4 Å². The lowest BCUT2D eigenvalue weighted by Gasteiger charge is -2.08. The molecule has 25 heavy (non-hydrogen) atoms. The van der Waals surface area contributed by atoms with Gasteiger partial charge in [-0.25, -0.2) is 8.78 Å². The number of aromatic nitrogens is 3. The lowest BCUT2D eigenvalue weighted by Crippen LogP contribution is -2.03. The average Bonchev–Trinajstić information content (AvgIpc) is 2.96. The van der Waals surface area contributed by atoms with Gasteiger partial charge in [0.05, 0.1) is 17.7 Å². The van der Waals surface area contributed by atoms with Gasteiger partial charge in [-0.1, -0.05) is 17.7 Å². The van der Waals surface area contributed by atoms with E-state index in [9.17, 15) is 8.78 Å². The normalized spacial score (nSPS) is 11.0. The minimum Gasteiger partial charge on any atom is -0.471 e. The number of halogens is 3. The number of benzene rings is 1. The molecule has 0 saturated carbocycles. The van der Waals surface area contributed by atoms with Gasteiger partial charge >= 0.3 is 0 Å². The Kier molecular flexibility index (Phi) is 5.30. The molecule has 2 N–H and O–H groups in total. The zero-order valence-corrected chi connectivity index (χ0v) is 13.7. The van der Waals surface area contributed by atoms with Crippen molar-refractivity contribution in [1.29, 1.82) is 0 Å². The van der Waals surface area contributed by atoms with Crippen LogP contribution in [0.2, 0.25) is 5.02 Å². The van der Waals surface area contributed by atoms with Crippen LogP contribution in [0.4, 0.5) is 8.78 Å². The second-order valence-corrected chi connectivity index (χ2v) is 5.51. The molecule has 0 atom stereocenters. The summed E-state index contributed by atoms with van der Waals surface area (Å²) in [5.74, 6) is -1.42. The van der Waals surface area contributed by atoms with Gasteiger partial charge < -0.3 is 19.6 Å². The summed E-state index contributed by atoms with van der Waals surface area (Å²) >= 11 is 6.09. The van der Waals surface area contributed by atoms with Gasteiger partial charge in [0.25, 0.3) is 6.01 Å². The highest BCUT2D eigenvalue weighted by molar-refractivity contribution is 6.32. The third-order valence-corrected chi connectivity index (χ3v) is 3.60. The van der Waals surface area contributed by atoms with Gasteiger partial charge in [0.2, 0.25) is 5.88 Å². The van der Waals surface area contributed by atoms with Gasteiger partial charge in [-0.2, -0.15) is 9.97 Å². The van der Waals surface area contributed by atoms with Crippen LogP contribution in [-0.4, -0.2) is 33.3 Å². The lowest BCUT2D eigenvalue weighted by atomic mass is 10.2. The van der Waals surface area contributed by atoms with Crippen LogP contribution in [-0.2, 0) is 6.61 Å². The van der Waals surface area contributed by atoms with Crippen LogP contribution in [0.15, 0.2) is 24.3 Å². The summed E-state index contributed by atoms with van der Waals surface area (Å²) in [4.78, 5) is 11.1. The van der Waals surface area contributed by atoms with Gasteiger partial charge in [-0.3, -0.25) is 0 Å². The Morgan fingerprint density at radius 2 is 1.92 bits per heavy atom. The summed E-state index contributed by atoms with van der Waals surface area (Å²) in [6, 6.07) is 5.31. The van der Waals surface area contributed by atoms with E-state index in [4.69, 9.17) is 26.2 Å². The van der Waals surface area contributed by atoms with Crippen molar-refractivity contribution in [3.05, 3.63) is 46.5 Å². The van der Waals surface area contributed by atoms with Crippen LogP contribution in [0, 0.1) is 11.6 Å². The maximum Gasteiger partial charge on any atom is 0.296 e. The van der Waals surface area contributed by atoms with Crippen LogP contribution in [0.3, 0.4) is 0 Å². The standard InChI is InChI=1S/C16H14ClF2N3O3/c17-10-7-13-14(22-16(20-13)24-6-2-5-23)21-15(10)25-8-9-11(18)3-1-4-12(9)19/h1,3-4,7,23H,2,5-6,8H2,(H,20,21,22). The Hall–Kier alpha value is -2.45. The summed E-state index contributed by atoms with van der Waals surface area (Å²) in [6.07, 6.45) is 0.466. The molecule has 0 saturated heterocycles. The van der Waals surface area contributed by atoms with E-state index in [-0.39, 0.29) is 41.3 Å². The monoisotopic (exact) mass is 369 g/mol. The Morgan fingerprint density at radius 1 is 1.16 bits per heavy atom. The fourth-order valence-corrected chi connectivity index (χ4v) is 2.30. The topological polar surface area (TPSA) is 80.3 Å². The minimum absolute atomic E-state index is 0.00484. The number of aromatic amines is 1. The molecule has 0 aliphatic heterocycles. The van der Waals surface area contributed by atoms with Crippen molar-refractivity contribution in [2.24, 2.45) is 0 Å². The molecule has 0 aliphatic rings. The second-order valence-electron chi connectivity index (χ2n) is 5.10. The molecule has 132 valence electrons. The number of aliphatic hydroxyl groups excluding tert-OH is 1. The molecule has 0 fully saturated rings. The van der Waals surface area contributed by atoms with E-state index in [1.807, 2.05) is 0 Å². The second kappa shape index (κ2) is 7.62. The van der Waals surface area contributed by atoms with Crippen molar-refractivity contribution in [3.63, 3.8) is 0 Å². The first kappa shape index (κ1) is 17.4. The molecule has 1 aromatic carbocycles. The molecular formula is C16H14ClF2N3O3. The molecule has 6 nitrogen and oxygen atoms in total. The first-order valence-corrected chi connectivity index (χ1v) is 7.82. The van der Waals surface area contributed by atoms with Crippen LogP contribution >= 0.6 is 11.6 Å². The summed E-state index contributed by atoms with van der Waals surface area (Å²) in [6.45, 7) is -0.0596. The molecule has 0 bridgehead atoms. The number of nitrogens with one attached hydrogen (secondary N) is 1. The molecule has 3 aromatic rings. The van der Waals surface area contributed by atoms with Crippen molar-refractivity contribution in [2.45, 2.75) is 13.0 Å². The highest BCUT2D eigenvalue weighted by Crippen LogP contribution is 2.28. The highest BCUT2D eigenvalue weighted by atomic mass is 35.5. The van der Waals surface area contributed by atoms with Crippen molar-refractivity contribution in [3.8, 4) is 11.9 Å². The number of fused-ring (bicyclic) bond motifs is 1. The molecule has 2 aromatic heterocycles. The summed E-state index contributed by atoms with van der Waals surface area (Å²) in [7, 11) is 0. The van der Waals surface area contributed by atoms with Gasteiger partial charge in [-0.15, -0.1) is 0 Å². The molecule has 9 heteroatoms. The number of rotatable bonds is 7. The third kappa shape index (κ3) is 3.97. The lowest BCUT2D eigenvalue weighted by molar-refractivity contribution is 0.225. The maximum absolute atomic E-state index is 13.6. The number of aliphatic hydroxyl groups is 1. The largest absolute Gasteiger partial charge is 0.471 e. The van der Waals surface area contributed by atoms with Crippen LogP contribution in [0.25, 0.3) is 11.2 Å². The molecule has 0 amide bonds. The minimum atomic E-state index is -0.712. The van der Waals surface area contributed by atoms with Gasteiger partial charge in [-0.05, 0) is 18.2 Å². The van der Waals surface area contributed by atoms with E-state index >= 15 is 0 Å². The predicted molar refractivity (Wildman–Crippen MR) is 86.8 cm³/mol.